The molecular weight excluding hydrogens is 188 g/mol. The summed E-state index contributed by atoms with van der Waals surface area (Å²) < 4.78 is 0. The summed E-state index contributed by atoms with van der Waals surface area (Å²) in [6.45, 7) is 7.09. The predicted octanol–water partition coefficient (Wildman–Crippen LogP) is 1.85. The average molecular weight is 206 g/mol. The lowest BCUT2D eigenvalue weighted by Crippen LogP contribution is -2.26. The minimum atomic E-state index is 0.0115. The Morgan fingerprint density at radius 3 is 2.60 bits per heavy atom. The number of anilines is 1. The van der Waals surface area contributed by atoms with E-state index in [9.17, 15) is 4.79 Å². The number of hydrogen-bond acceptors (Lipinski definition) is 2. The van der Waals surface area contributed by atoms with E-state index in [1.54, 1.807) is 0 Å². The van der Waals surface area contributed by atoms with Crippen LogP contribution in [0.3, 0.4) is 0 Å². The molecule has 1 rings (SSSR count). The SMILES string of the molecule is CC(=O)NCCNc1ccc(C)cc1C. The first kappa shape index (κ1) is 11.6. The second kappa shape index (κ2) is 5.39. The van der Waals surface area contributed by atoms with Gasteiger partial charge in [0.25, 0.3) is 0 Å². The van der Waals surface area contributed by atoms with Crippen molar-refractivity contribution >= 4 is 11.6 Å². The summed E-state index contributed by atoms with van der Waals surface area (Å²) in [6, 6.07) is 6.28. The topological polar surface area (TPSA) is 41.1 Å². The third kappa shape index (κ3) is 4.02. The van der Waals surface area contributed by atoms with Crippen LogP contribution < -0.4 is 10.6 Å². The molecule has 82 valence electrons. The third-order valence-corrected chi connectivity index (χ3v) is 2.20. The number of rotatable bonds is 4. The van der Waals surface area contributed by atoms with E-state index in [4.69, 9.17) is 0 Å². The molecule has 15 heavy (non-hydrogen) atoms. The first-order valence-electron chi connectivity index (χ1n) is 5.15. The second-order valence-corrected chi connectivity index (χ2v) is 3.73. The third-order valence-electron chi connectivity index (χ3n) is 2.20. The van der Waals surface area contributed by atoms with Gasteiger partial charge in [-0.1, -0.05) is 17.7 Å². The number of carbonyl (C=O) groups is 1. The summed E-state index contributed by atoms with van der Waals surface area (Å²) in [5.41, 5.74) is 3.63. The zero-order chi connectivity index (χ0) is 11.3. The summed E-state index contributed by atoms with van der Waals surface area (Å²) in [6.07, 6.45) is 0. The molecule has 0 bridgehead atoms. The highest BCUT2D eigenvalue weighted by molar-refractivity contribution is 5.72. The molecule has 0 heterocycles. The molecular formula is C12H18N2O. The standard InChI is InChI=1S/C12H18N2O/c1-9-4-5-12(10(2)8-9)14-7-6-13-11(3)15/h4-5,8,14H,6-7H2,1-3H3,(H,13,15). The number of hydrogen-bond donors (Lipinski definition) is 2. The Hall–Kier alpha value is -1.51. The Bertz CT molecular complexity index is 347. The lowest BCUT2D eigenvalue weighted by molar-refractivity contribution is -0.118. The largest absolute Gasteiger partial charge is 0.383 e. The van der Waals surface area contributed by atoms with Crippen molar-refractivity contribution in [2.45, 2.75) is 20.8 Å². The Morgan fingerprint density at radius 1 is 1.27 bits per heavy atom. The molecule has 0 fully saturated rings. The van der Waals surface area contributed by atoms with Gasteiger partial charge in [0.2, 0.25) is 5.91 Å². The van der Waals surface area contributed by atoms with Gasteiger partial charge in [-0.3, -0.25) is 4.79 Å². The maximum Gasteiger partial charge on any atom is 0.216 e. The molecule has 0 aliphatic rings. The lowest BCUT2D eigenvalue weighted by atomic mass is 10.1. The van der Waals surface area contributed by atoms with Gasteiger partial charge in [0.05, 0.1) is 0 Å². The fourth-order valence-electron chi connectivity index (χ4n) is 1.45. The van der Waals surface area contributed by atoms with E-state index in [1.165, 1.54) is 18.1 Å². The van der Waals surface area contributed by atoms with Gasteiger partial charge in [0.1, 0.15) is 0 Å². The average Bonchev–Trinajstić information content (AvgIpc) is 2.14. The van der Waals surface area contributed by atoms with Crippen LogP contribution in [-0.4, -0.2) is 19.0 Å². The van der Waals surface area contributed by atoms with E-state index in [1.807, 2.05) is 0 Å². The van der Waals surface area contributed by atoms with E-state index in [0.29, 0.717) is 6.54 Å². The first-order chi connectivity index (χ1) is 7.09. The Labute approximate surface area is 90.9 Å². The summed E-state index contributed by atoms with van der Waals surface area (Å²) >= 11 is 0. The number of aryl methyl sites for hydroxylation is 2. The minimum absolute atomic E-state index is 0.0115. The van der Waals surface area contributed by atoms with Crippen molar-refractivity contribution in [2.75, 3.05) is 18.4 Å². The van der Waals surface area contributed by atoms with Gasteiger partial charge in [-0.2, -0.15) is 0 Å². The number of carbonyl (C=O) groups excluding carboxylic acids is 1. The fraction of sp³-hybridized carbons (Fsp3) is 0.417. The molecule has 2 N–H and O–H groups in total. The molecule has 0 saturated carbocycles. The Morgan fingerprint density at radius 2 is 2.00 bits per heavy atom. The molecule has 1 aromatic rings. The zero-order valence-electron chi connectivity index (χ0n) is 9.55. The van der Waals surface area contributed by atoms with Crippen LogP contribution in [0.1, 0.15) is 18.1 Å². The van der Waals surface area contributed by atoms with Crippen molar-refractivity contribution < 1.29 is 4.79 Å². The van der Waals surface area contributed by atoms with Crippen LogP contribution in [-0.2, 0) is 4.79 Å². The zero-order valence-corrected chi connectivity index (χ0v) is 9.55. The molecule has 1 aromatic carbocycles. The van der Waals surface area contributed by atoms with Crippen molar-refractivity contribution in [3.63, 3.8) is 0 Å². The van der Waals surface area contributed by atoms with Crippen LogP contribution in [0, 0.1) is 13.8 Å². The molecule has 1 amide bonds. The van der Waals surface area contributed by atoms with Gasteiger partial charge >= 0.3 is 0 Å². The van der Waals surface area contributed by atoms with Gasteiger partial charge in [-0.25, -0.2) is 0 Å². The molecule has 0 aliphatic carbocycles. The Kier molecular flexibility index (Phi) is 4.16. The Balaban J connectivity index is 2.40. The van der Waals surface area contributed by atoms with Crippen molar-refractivity contribution in [3.8, 4) is 0 Å². The molecule has 0 saturated heterocycles. The van der Waals surface area contributed by atoms with E-state index in [0.717, 1.165) is 12.2 Å². The number of amides is 1. The number of nitrogens with one attached hydrogen (secondary N) is 2. The summed E-state index contributed by atoms with van der Waals surface area (Å²) in [4.78, 5) is 10.6. The molecule has 0 radical (unpaired) electrons. The van der Waals surface area contributed by atoms with Gasteiger partial charge in [0, 0.05) is 25.7 Å². The van der Waals surface area contributed by atoms with Gasteiger partial charge < -0.3 is 10.6 Å². The van der Waals surface area contributed by atoms with Gasteiger partial charge in [-0.05, 0) is 25.5 Å². The predicted molar refractivity (Wildman–Crippen MR) is 63.1 cm³/mol. The quantitative estimate of drug-likeness (QED) is 0.738. The van der Waals surface area contributed by atoms with Crippen molar-refractivity contribution in [1.29, 1.82) is 0 Å². The highest BCUT2D eigenvalue weighted by Gasteiger charge is 1.97. The van der Waals surface area contributed by atoms with E-state index >= 15 is 0 Å². The summed E-state index contributed by atoms with van der Waals surface area (Å²) in [5, 5.41) is 6.03. The summed E-state index contributed by atoms with van der Waals surface area (Å²) in [5.74, 6) is 0.0115. The van der Waals surface area contributed by atoms with E-state index in [2.05, 4.69) is 42.7 Å². The lowest BCUT2D eigenvalue weighted by Gasteiger charge is -2.10. The molecule has 0 aromatic heterocycles. The molecule has 0 aliphatic heterocycles. The maximum absolute atomic E-state index is 10.6. The van der Waals surface area contributed by atoms with Crippen LogP contribution in [0.4, 0.5) is 5.69 Å². The van der Waals surface area contributed by atoms with Gasteiger partial charge in [0.15, 0.2) is 0 Å². The van der Waals surface area contributed by atoms with Crippen LogP contribution >= 0.6 is 0 Å². The first-order valence-corrected chi connectivity index (χ1v) is 5.15. The van der Waals surface area contributed by atoms with Crippen molar-refractivity contribution in [1.82, 2.24) is 5.32 Å². The van der Waals surface area contributed by atoms with Crippen LogP contribution in [0.5, 0.6) is 0 Å². The van der Waals surface area contributed by atoms with Crippen LogP contribution in [0.2, 0.25) is 0 Å². The van der Waals surface area contributed by atoms with Crippen LogP contribution in [0.25, 0.3) is 0 Å². The molecule has 3 nitrogen and oxygen atoms in total. The van der Waals surface area contributed by atoms with Crippen LogP contribution in [0.15, 0.2) is 18.2 Å². The monoisotopic (exact) mass is 206 g/mol. The molecule has 0 spiro atoms. The molecule has 3 heteroatoms. The number of benzene rings is 1. The molecule has 0 atom stereocenters. The van der Waals surface area contributed by atoms with E-state index < -0.39 is 0 Å². The van der Waals surface area contributed by atoms with E-state index in [-0.39, 0.29) is 5.91 Å². The second-order valence-electron chi connectivity index (χ2n) is 3.73. The van der Waals surface area contributed by atoms with Gasteiger partial charge in [-0.15, -0.1) is 0 Å². The maximum atomic E-state index is 10.6. The highest BCUT2D eigenvalue weighted by Crippen LogP contribution is 2.15. The van der Waals surface area contributed by atoms with Crippen molar-refractivity contribution in [2.24, 2.45) is 0 Å². The normalized spacial score (nSPS) is 9.80. The smallest absolute Gasteiger partial charge is 0.216 e. The fourth-order valence-corrected chi connectivity index (χ4v) is 1.45. The molecule has 0 unspecified atom stereocenters. The minimum Gasteiger partial charge on any atom is -0.383 e. The summed E-state index contributed by atoms with van der Waals surface area (Å²) in [7, 11) is 0. The van der Waals surface area contributed by atoms with Crippen molar-refractivity contribution in [3.05, 3.63) is 29.3 Å². The highest BCUT2D eigenvalue weighted by atomic mass is 16.1.